The second-order valence-electron chi connectivity index (χ2n) is 5.08. The van der Waals surface area contributed by atoms with Gasteiger partial charge in [0.1, 0.15) is 0 Å². The monoisotopic (exact) mass is 280 g/mol. The van der Waals surface area contributed by atoms with Crippen molar-refractivity contribution in [2.24, 2.45) is 0 Å². The maximum absolute atomic E-state index is 13.5. The van der Waals surface area contributed by atoms with Crippen LogP contribution in [0.4, 0.5) is 10.1 Å². The maximum Gasteiger partial charge on any atom is 0.224 e. The molecule has 5 heteroatoms. The van der Waals surface area contributed by atoms with Gasteiger partial charge in [-0.15, -0.1) is 0 Å². The molecule has 0 saturated carbocycles. The Morgan fingerprint density at radius 1 is 1.50 bits per heavy atom. The molecule has 1 amide bonds. The number of halogens is 1. The number of anilines is 1. The average molecular weight is 280 g/mol. The van der Waals surface area contributed by atoms with E-state index < -0.39 is 5.82 Å². The normalized spacial score (nSPS) is 18.6. The van der Waals surface area contributed by atoms with Crippen molar-refractivity contribution >= 4 is 11.6 Å². The molecule has 2 rings (SSSR count). The van der Waals surface area contributed by atoms with E-state index in [0.717, 1.165) is 19.4 Å². The molecule has 1 aromatic rings. The van der Waals surface area contributed by atoms with Gasteiger partial charge in [0.25, 0.3) is 0 Å². The average Bonchev–Trinajstić information content (AvgIpc) is 2.46. The van der Waals surface area contributed by atoms with Gasteiger partial charge in [-0.05, 0) is 37.9 Å². The number of rotatable bonds is 5. The molecule has 0 bridgehead atoms. The number of carbonyl (C=O) groups excluding carboxylic acids is 1. The van der Waals surface area contributed by atoms with Crippen LogP contribution in [-0.2, 0) is 4.79 Å². The van der Waals surface area contributed by atoms with Crippen molar-refractivity contribution in [2.45, 2.75) is 38.1 Å². The van der Waals surface area contributed by atoms with Gasteiger partial charge >= 0.3 is 0 Å². The summed E-state index contributed by atoms with van der Waals surface area (Å²) in [5.74, 6) is -0.379. The number of piperidine rings is 1. The summed E-state index contributed by atoms with van der Waals surface area (Å²) in [6.07, 6.45) is 4.84. The van der Waals surface area contributed by atoms with Crippen molar-refractivity contribution in [3.8, 4) is 5.75 Å². The van der Waals surface area contributed by atoms with Crippen molar-refractivity contribution in [3.05, 3.63) is 24.0 Å². The molecule has 1 aromatic carbocycles. The zero-order valence-corrected chi connectivity index (χ0v) is 11.7. The lowest BCUT2D eigenvalue weighted by molar-refractivity contribution is -0.116. The van der Waals surface area contributed by atoms with E-state index in [2.05, 4.69) is 10.6 Å². The number of amides is 1. The minimum atomic E-state index is -0.473. The summed E-state index contributed by atoms with van der Waals surface area (Å²) >= 11 is 0. The minimum absolute atomic E-state index is 0.0815. The van der Waals surface area contributed by atoms with Crippen molar-refractivity contribution < 1.29 is 13.9 Å². The van der Waals surface area contributed by atoms with Crippen LogP contribution in [0.5, 0.6) is 5.75 Å². The predicted octanol–water partition coefficient (Wildman–Crippen LogP) is 2.70. The fourth-order valence-corrected chi connectivity index (χ4v) is 2.44. The Bertz CT molecular complexity index is 459. The van der Waals surface area contributed by atoms with E-state index in [1.165, 1.54) is 32.1 Å². The topological polar surface area (TPSA) is 50.4 Å². The molecule has 1 aliphatic rings. The molecule has 1 fully saturated rings. The van der Waals surface area contributed by atoms with E-state index in [1.807, 2.05) is 0 Å². The van der Waals surface area contributed by atoms with E-state index in [0.29, 0.717) is 18.2 Å². The lowest BCUT2D eigenvalue weighted by atomic mass is 10.0. The number of hydrogen-bond acceptors (Lipinski definition) is 3. The van der Waals surface area contributed by atoms with E-state index in [-0.39, 0.29) is 11.7 Å². The lowest BCUT2D eigenvalue weighted by Crippen LogP contribution is -2.34. The number of hydrogen-bond donors (Lipinski definition) is 2. The van der Waals surface area contributed by atoms with E-state index in [4.69, 9.17) is 4.74 Å². The molecule has 0 aliphatic carbocycles. The number of benzene rings is 1. The van der Waals surface area contributed by atoms with Gasteiger partial charge in [-0.2, -0.15) is 0 Å². The summed E-state index contributed by atoms with van der Waals surface area (Å²) < 4.78 is 18.3. The standard InChI is InChI=1S/C15H21FN2O2/c1-20-14-7-5-12(10-13(14)16)18-15(19)8-6-11-4-2-3-9-17-11/h5,7,10-11,17H,2-4,6,8-9H2,1H3,(H,18,19). The zero-order chi connectivity index (χ0) is 14.4. The first kappa shape index (κ1) is 14.8. The highest BCUT2D eigenvalue weighted by Crippen LogP contribution is 2.21. The maximum atomic E-state index is 13.5. The van der Waals surface area contributed by atoms with Crippen LogP contribution in [0.3, 0.4) is 0 Å². The molecule has 1 heterocycles. The zero-order valence-electron chi connectivity index (χ0n) is 11.7. The lowest BCUT2D eigenvalue weighted by Gasteiger charge is -2.23. The highest BCUT2D eigenvalue weighted by molar-refractivity contribution is 5.90. The molecule has 1 saturated heterocycles. The first-order valence-electron chi connectivity index (χ1n) is 7.06. The first-order chi connectivity index (χ1) is 9.69. The molecule has 2 N–H and O–H groups in total. The third kappa shape index (κ3) is 4.20. The number of nitrogens with one attached hydrogen (secondary N) is 2. The molecule has 1 unspecified atom stereocenters. The Hall–Kier alpha value is -1.62. The van der Waals surface area contributed by atoms with Crippen LogP contribution in [0.15, 0.2) is 18.2 Å². The van der Waals surface area contributed by atoms with E-state index in [1.54, 1.807) is 6.07 Å². The smallest absolute Gasteiger partial charge is 0.224 e. The van der Waals surface area contributed by atoms with Gasteiger partial charge in [0.2, 0.25) is 5.91 Å². The second kappa shape index (κ2) is 7.24. The van der Waals surface area contributed by atoms with Gasteiger partial charge in [-0.3, -0.25) is 4.79 Å². The van der Waals surface area contributed by atoms with E-state index in [9.17, 15) is 9.18 Å². The molecule has 1 atom stereocenters. The molecule has 0 spiro atoms. The Kier molecular flexibility index (Phi) is 5.35. The van der Waals surface area contributed by atoms with Crippen LogP contribution in [0, 0.1) is 5.82 Å². The van der Waals surface area contributed by atoms with Crippen LogP contribution in [-0.4, -0.2) is 25.6 Å². The number of ether oxygens (including phenoxy) is 1. The van der Waals surface area contributed by atoms with Crippen molar-refractivity contribution in [1.82, 2.24) is 5.32 Å². The van der Waals surface area contributed by atoms with Crippen LogP contribution in [0.25, 0.3) is 0 Å². The number of carbonyl (C=O) groups is 1. The van der Waals surface area contributed by atoms with Gasteiger partial charge in [-0.1, -0.05) is 6.42 Å². The molecule has 0 radical (unpaired) electrons. The minimum Gasteiger partial charge on any atom is -0.494 e. The molecule has 1 aliphatic heterocycles. The first-order valence-corrected chi connectivity index (χ1v) is 7.06. The van der Waals surface area contributed by atoms with Gasteiger partial charge in [0.15, 0.2) is 11.6 Å². The Balaban J connectivity index is 1.80. The fraction of sp³-hybridized carbons (Fsp3) is 0.533. The molecule has 4 nitrogen and oxygen atoms in total. The summed E-state index contributed by atoms with van der Waals surface area (Å²) in [5.41, 5.74) is 0.463. The summed E-state index contributed by atoms with van der Waals surface area (Å²) in [7, 11) is 1.41. The van der Waals surface area contributed by atoms with Gasteiger partial charge in [0.05, 0.1) is 7.11 Å². The second-order valence-corrected chi connectivity index (χ2v) is 5.08. The molecule has 0 aromatic heterocycles. The molecular weight excluding hydrogens is 259 g/mol. The van der Waals surface area contributed by atoms with Crippen LogP contribution >= 0.6 is 0 Å². The highest BCUT2D eigenvalue weighted by atomic mass is 19.1. The van der Waals surface area contributed by atoms with Crippen LogP contribution < -0.4 is 15.4 Å². The van der Waals surface area contributed by atoms with E-state index >= 15 is 0 Å². The molecule has 110 valence electrons. The third-order valence-electron chi connectivity index (χ3n) is 3.57. The SMILES string of the molecule is COc1ccc(NC(=O)CCC2CCCCN2)cc1F. The Morgan fingerprint density at radius 2 is 2.35 bits per heavy atom. The third-order valence-corrected chi connectivity index (χ3v) is 3.57. The number of methoxy groups -OCH3 is 1. The molecular formula is C15H21FN2O2. The largest absolute Gasteiger partial charge is 0.494 e. The predicted molar refractivity (Wildman–Crippen MR) is 76.5 cm³/mol. The Labute approximate surface area is 118 Å². The van der Waals surface area contributed by atoms with Gasteiger partial charge in [0, 0.05) is 24.2 Å². The van der Waals surface area contributed by atoms with Crippen molar-refractivity contribution in [1.29, 1.82) is 0 Å². The van der Waals surface area contributed by atoms with Crippen molar-refractivity contribution in [2.75, 3.05) is 19.0 Å². The Morgan fingerprint density at radius 3 is 3.00 bits per heavy atom. The van der Waals surface area contributed by atoms with Gasteiger partial charge < -0.3 is 15.4 Å². The fourth-order valence-electron chi connectivity index (χ4n) is 2.44. The summed E-state index contributed by atoms with van der Waals surface area (Å²) in [5, 5.41) is 6.12. The summed E-state index contributed by atoms with van der Waals surface area (Å²) in [4.78, 5) is 11.8. The summed E-state index contributed by atoms with van der Waals surface area (Å²) in [6, 6.07) is 4.85. The van der Waals surface area contributed by atoms with Gasteiger partial charge in [-0.25, -0.2) is 4.39 Å². The summed E-state index contributed by atoms with van der Waals surface area (Å²) in [6.45, 7) is 1.04. The quantitative estimate of drug-likeness (QED) is 0.872. The highest BCUT2D eigenvalue weighted by Gasteiger charge is 2.14. The van der Waals surface area contributed by atoms with Crippen LogP contribution in [0.1, 0.15) is 32.1 Å². The van der Waals surface area contributed by atoms with Crippen LogP contribution in [0.2, 0.25) is 0 Å². The molecule has 20 heavy (non-hydrogen) atoms. The van der Waals surface area contributed by atoms with Crippen molar-refractivity contribution in [3.63, 3.8) is 0 Å².